The highest BCUT2D eigenvalue weighted by Crippen LogP contribution is 2.28. The fraction of sp³-hybridized carbons (Fsp3) is 0.190. The van der Waals surface area contributed by atoms with Crippen molar-refractivity contribution in [2.45, 2.75) is 27.4 Å². The highest BCUT2D eigenvalue weighted by Gasteiger charge is 2.13. The molecular formula is C21H19N3O3S. The van der Waals surface area contributed by atoms with E-state index in [2.05, 4.69) is 10.2 Å². The van der Waals surface area contributed by atoms with Gasteiger partial charge in [0.05, 0.1) is 0 Å². The van der Waals surface area contributed by atoms with Gasteiger partial charge in [-0.15, -0.1) is 0 Å². The third-order valence-electron chi connectivity index (χ3n) is 4.71. The molecule has 7 heteroatoms. The monoisotopic (exact) mass is 393 g/mol. The fourth-order valence-corrected chi connectivity index (χ4v) is 3.44. The van der Waals surface area contributed by atoms with E-state index in [1.54, 1.807) is 0 Å². The molecule has 0 amide bonds. The summed E-state index contributed by atoms with van der Waals surface area (Å²) in [5, 5.41) is 8.01. The molecule has 2 heterocycles. The summed E-state index contributed by atoms with van der Waals surface area (Å²) in [6.45, 7) is 6.00. The van der Waals surface area contributed by atoms with Gasteiger partial charge >= 0.3 is 5.63 Å². The van der Waals surface area contributed by atoms with Gasteiger partial charge in [0.25, 0.3) is 0 Å². The third kappa shape index (κ3) is 3.25. The summed E-state index contributed by atoms with van der Waals surface area (Å²) in [5.74, 6) is 1.28. The maximum Gasteiger partial charge on any atom is 0.336 e. The minimum Gasteiger partial charge on any atom is -0.485 e. The summed E-state index contributed by atoms with van der Waals surface area (Å²) in [6, 6.07) is 13.3. The van der Waals surface area contributed by atoms with Crippen LogP contribution in [0.15, 0.2) is 51.7 Å². The Morgan fingerprint density at radius 2 is 1.89 bits per heavy atom. The molecule has 6 nitrogen and oxygen atoms in total. The number of ether oxygens (including phenoxy) is 1. The summed E-state index contributed by atoms with van der Waals surface area (Å²) in [4.78, 5) is 11.7. The van der Waals surface area contributed by atoms with E-state index >= 15 is 0 Å². The molecule has 2 aromatic carbocycles. The molecule has 0 aliphatic carbocycles. The Morgan fingerprint density at radius 3 is 2.64 bits per heavy atom. The van der Waals surface area contributed by atoms with Crippen molar-refractivity contribution in [1.29, 1.82) is 0 Å². The normalized spacial score (nSPS) is 11.1. The van der Waals surface area contributed by atoms with E-state index in [9.17, 15) is 4.79 Å². The molecule has 0 aliphatic rings. The van der Waals surface area contributed by atoms with E-state index in [0.29, 0.717) is 21.9 Å². The minimum absolute atomic E-state index is 0.212. The molecule has 4 aromatic rings. The lowest BCUT2D eigenvalue weighted by atomic mass is 10.1. The molecule has 28 heavy (non-hydrogen) atoms. The van der Waals surface area contributed by atoms with Crippen molar-refractivity contribution in [3.8, 4) is 11.4 Å². The Balaban J connectivity index is 1.68. The Kier molecular flexibility index (Phi) is 4.60. The molecule has 0 radical (unpaired) electrons. The van der Waals surface area contributed by atoms with E-state index in [4.69, 9.17) is 21.4 Å². The van der Waals surface area contributed by atoms with E-state index in [1.165, 1.54) is 11.6 Å². The molecule has 4 rings (SSSR count). The Labute approximate surface area is 166 Å². The molecule has 0 unspecified atom stereocenters. The van der Waals surface area contributed by atoms with Crippen molar-refractivity contribution in [3.63, 3.8) is 0 Å². The molecule has 0 fully saturated rings. The zero-order chi connectivity index (χ0) is 19.8. The Bertz CT molecular complexity index is 1280. The summed E-state index contributed by atoms with van der Waals surface area (Å²) in [7, 11) is 0. The van der Waals surface area contributed by atoms with Crippen molar-refractivity contribution in [3.05, 3.63) is 80.2 Å². The highest BCUT2D eigenvalue weighted by atomic mass is 32.1. The first-order valence-corrected chi connectivity index (χ1v) is 9.25. The average molecular weight is 393 g/mol. The topological polar surface area (TPSA) is 73.1 Å². The molecule has 1 N–H and O–H groups in total. The van der Waals surface area contributed by atoms with Crippen LogP contribution in [0.25, 0.3) is 16.7 Å². The Hall–Kier alpha value is -3.19. The second kappa shape index (κ2) is 7.09. The van der Waals surface area contributed by atoms with Crippen LogP contribution in [0.1, 0.15) is 22.5 Å². The van der Waals surface area contributed by atoms with Gasteiger partial charge in [0, 0.05) is 22.7 Å². The van der Waals surface area contributed by atoms with Crippen molar-refractivity contribution in [2.75, 3.05) is 0 Å². The summed E-state index contributed by atoms with van der Waals surface area (Å²) in [6.07, 6.45) is 0. The maximum absolute atomic E-state index is 11.7. The van der Waals surface area contributed by atoms with Crippen LogP contribution in [-0.2, 0) is 6.61 Å². The molecule has 0 saturated carbocycles. The van der Waals surface area contributed by atoms with Gasteiger partial charge < -0.3 is 9.15 Å². The van der Waals surface area contributed by atoms with E-state index in [1.807, 2.05) is 61.7 Å². The number of fused-ring (bicyclic) bond motifs is 1. The number of H-pyrrole nitrogens is 1. The van der Waals surface area contributed by atoms with Gasteiger partial charge in [-0.2, -0.15) is 5.10 Å². The first-order chi connectivity index (χ1) is 13.4. The standard InChI is InChI=1S/C21H19N3O3S/c1-12-4-6-15(7-5-12)24-18(22-23-21(24)28)11-26-17-9-8-16-13(2)10-19(25)27-20(16)14(17)3/h4-10H,11H2,1-3H3,(H,23,28). The molecule has 0 bridgehead atoms. The predicted octanol–water partition coefficient (Wildman–Crippen LogP) is 4.54. The second-order valence-electron chi connectivity index (χ2n) is 6.72. The fourth-order valence-electron chi connectivity index (χ4n) is 3.19. The number of nitrogens with one attached hydrogen (secondary N) is 1. The highest BCUT2D eigenvalue weighted by molar-refractivity contribution is 7.71. The molecule has 0 aliphatic heterocycles. The van der Waals surface area contributed by atoms with Crippen LogP contribution in [-0.4, -0.2) is 14.8 Å². The number of aromatic nitrogens is 3. The van der Waals surface area contributed by atoms with Crippen molar-refractivity contribution in [2.24, 2.45) is 0 Å². The predicted molar refractivity (Wildman–Crippen MR) is 110 cm³/mol. The first-order valence-electron chi connectivity index (χ1n) is 8.84. The van der Waals surface area contributed by atoms with Gasteiger partial charge in [-0.1, -0.05) is 17.7 Å². The van der Waals surface area contributed by atoms with Crippen molar-refractivity contribution >= 4 is 23.2 Å². The number of benzene rings is 2. The van der Waals surface area contributed by atoms with Crippen LogP contribution in [0, 0.1) is 25.5 Å². The lowest BCUT2D eigenvalue weighted by Gasteiger charge is -2.12. The van der Waals surface area contributed by atoms with Crippen molar-refractivity contribution in [1.82, 2.24) is 14.8 Å². The van der Waals surface area contributed by atoms with Gasteiger partial charge in [0.1, 0.15) is 17.9 Å². The van der Waals surface area contributed by atoms with Gasteiger partial charge in [-0.25, -0.2) is 4.79 Å². The maximum atomic E-state index is 11.7. The molecule has 0 spiro atoms. The lowest BCUT2D eigenvalue weighted by Crippen LogP contribution is -2.07. The number of hydrogen-bond donors (Lipinski definition) is 1. The number of aromatic amines is 1. The van der Waals surface area contributed by atoms with Gasteiger partial charge in [0.15, 0.2) is 10.6 Å². The zero-order valence-corrected chi connectivity index (χ0v) is 16.6. The van der Waals surface area contributed by atoms with Gasteiger partial charge in [-0.05, 0) is 62.8 Å². The summed E-state index contributed by atoms with van der Waals surface area (Å²) >= 11 is 5.38. The van der Waals surface area contributed by atoms with Gasteiger partial charge in [0.2, 0.25) is 0 Å². The lowest BCUT2D eigenvalue weighted by molar-refractivity contribution is 0.291. The van der Waals surface area contributed by atoms with Gasteiger partial charge in [-0.3, -0.25) is 9.67 Å². The number of nitrogens with zero attached hydrogens (tertiary/aromatic N) is 2. The molecular weight excluding hydrogens is 374 g/mol. The van der Waals surface area contributed by atoms with Crippen LogP contribution in [0.2, 0.25) is 0 Å². The zero-order valence-electron chi connectivity index (χ0n) is 15.8. The van der Waals surface area contributed by atoms with Crippen LogP contribution in [0.3, 0.4) is 0 Å². The molecule has 142 valence electrons. The molecule has 0 saturated heterocycles. The first kappa shape index (κ1) is 18.2. The number of rotatable bonds is 4. The third-order valence-corrected chi connectivity index (χ3v) is 4.98. The summed E-state index contributed by atoms with van der Waals surface area (Å²) in [5.41, 5.74) is 3.90. The summed E-state index contributed by atoms with van der Waals surface area (Å²) < 4.78 is 13.7. The number of hydrogen-bond acceptors (Lipinski definition) is 5. The molecule has 0 atom stereocenters. The SMILES string of the molecule is Cc1ccc(-n2c(COc3ccc4c(C)cc(=O)oc4c3C)n[nH]c2=S)cc1. The number of aryl methyl sites for hydroxylation is 3. The second-order valence-corrected chi connectivity index (χ2v) is 7.11. The Morgan fingerprint density at radius 1 is 1.14 bits per heavy atom. The minimum atomic E-state index is -0.370. The van der Waals surface area contributed by atoms with Crippen LogP contribution in [0.5, 0.6) is 5.75 Å². The van der Waals surface area contributed by atoms with E-state index < -0.39 is 0 Å². The van der Waals surface area contributed by atoms with Crippen LogP contribution in [0.4, 0.5) is 0 Å². The quantitative estimate of drug-likeness (QED) is 0.407. The largest absolute Gasteiger partial charge is 0.485 e. The molecule has 2 aromatic heterocycles. The van der Waals surface area contributed by atoms with E-state index in [0.717, 1.165) is 22.2 Å². The van der Waals surface area contributed by atoms with Crippen molar-refractivity contribution < 1.29 is 9.15 Å². The van der Waals surface area contributed by atoms with Crippen LogP contribution < -0.4 is 10.4 Å². The average Bonchev–Trinajstić information content (AvgIpc) is 3.03. The van der Waals surface area contributed by atoms with E-state index in [-0.39, 0.29) is 12.2 Å². The van der Waals surface area contributed by atoms with Crippen LogP contribution >= 0.6 is 12.2 Å². The smallest absolute Gasteiger partial charge is 0.336 e.